The van der Waals surface area contributed by atoms with Crippen molar-refractivity contribution in [2.45, 2.75) is 314 Å². The second-order valence-corrected chi connectivity index (χ2v) is 19.4. The number of rotatable bonds is 47. The number of unbranched alkanes of at least 4 members (excludes halogenated alkanes) is 37. The predicted octanol–water partition coefficient (Wildman–Crippen LogP) is 12.8. The first-order valence-electron chi connectivity index (χ1n) is 27.4. The largest absolute Gasteiger partial charge is 0.394 e. The van der Waals surface area contributed by atoms with Gasteiger partial charge in [-0.25, -0.2) is 0 Å². The summed E-state index contributed by atoms with van der Waals surface area (Å²) in [6.45, 7) is 3.80. The summed E-state index contributed by atoms with van der Waals surface area (Å²) in [5, 5.41) is 54.4. The molecule has 6 N–H and O–H groups in total. The van der Waals surface area contributed by atoms with E-state index in [-0.39, 0.29) is 12.5 Å². The van der Waals surface area contributed by atoms with Gasteiger partial charge in [0.2, 0.25) is 5.91 Å². The molecule has 0 radical (unpaired) electrons. The lowest BCUT2D eigenvalue weighted by molar-refractivity contribution is -0.302. The van der Waals surface area contributed by atoms with Gasteiger partial charge in [0.05, 0.1) is 25.4 Å². The Morgan fingerprint density at radius 3 is 1.24 bits per heavy atom. The first-order chi connectivity index (χ1) is 30.8. The highest BCUT2D eigenvalue weighted by Crippen LogP contribution is 2.23. The van der Waals surface area contributed by atoms with E-state index in [0.29, 0.717) is 6.42 Å². The Balaban J connectivity index is 2.20. The van der Waals surface area contributed by atoms with Crippen molar-refractivity contribution < 1.29 is 39.8 Å². The van der Waals surface area contributed by atoms with Gasteiger partial charge in [0.1, 0.15) is 24.4 Å². The highest BCUT2D eigenvalue weighted by Gasteiger charge is 2.44. The number of carbonyl (C=O) groups excluding carboxylic acids is 1. The summed E-state index contributed by atoms with van der Waals surface area (Å²) in [6.07, 6.45) is 47.1. The average Bonchev–Trinajstić information content (AvgIpc) is 3.28. The molecule has 1 saturated heterocycles. The minimum absolute atomic E-state index is 0.173. The van der Waals surface area contributed by atoms with E-state index in [2.05, 4.69) is 19.2 Å². The Bertz CT molecular complexity index is 997. The van der Waals surface area contributed by atoms with Crippen LogP contribution in [0.25, 0.3) is 0 Å². The maximum atomic E-state index is 13.0. The molecule has 1 rings (SSSR count). The van der Waals surface area contributed by atoms with E-state index in [0.717, 1.165) is 38.5 Å². The van der Waals surface area contributed by atoms with Crippen molar-refractivity contribution in [3.05, 3.63) is 12.2 Å². The number of hydrogen-bond donors (Lipinski definition) is 6. The van der Waals surface area contributed by atoms with Crippen molar-refractivity contribution in [1.82, 2.24) is 5.32 Å². The summed E-state index contributed by atoms with van der Waals surface area (Å²) in [7, 11) is 0. The van der Waals surface area contributed by atoms with Gasteiger partial charge in [-0.1, -0.05) is 257 Å². The Kier molecular flexibility index (Phi) is 42.6. The van der Waals surface area contributed by atoms with E-state index in [1.165, 1.54) is 212 Å². The molecule has 0 aromatic rings. The zero-order chi connectivity index (χ0) is 45.9. The van der Waals surface area contributed by atoms with Crippen LogP contribution in [0.1, 0.15) is 271 Å². The van der Waals surface area contributed by atoms with Crippen molar-refractivity contribution in [3.63, 3.8) is 0 Å². The number of carbonyl (C=O) groups is 1. The van der Waals surface area contributed by atoms with Crippen LogP contribution in [0, 0.1) is 0 Å². The maximum absolute atomic E-state index is 13.0. The molecule has 7 atom stereocenters. The minimum Gasteiger partial charge on any atom is -0.394 e. The Hall–Kier alpha value is -1.07. The molecule has 0 aliphatic carbocycles. The molecule has 7 unspecified atom stereocenters. The van der Waals surface area contributed by atoms with E-state index < -0.39 is 49.5 Å². The molecule has 1 aliphatic rings. The zero-order valence-corrected chi connectivity index (χ0v) is 41.4. The van der Waals surface area contributed by atoms with Crippen molar-refractivity contribution in [1.29, 1.82) is 0 Å². The molecule has 9 heteroatoms. The number of hydrogen-bond acceptors (Lipinski definition) is 8. The van der Waals surface area contributed by atoms with Crippen LogP contribution >= 0.6 is 0 Å². The van der Waals surface area contributed by atoms with Gasteiger partial charge in [-0.05, 0) is 19.3 Å². The van der Waals surface area contributed by atoms with Crippen molar-refractivity contribution in [2.75, 3.05) is 13.2 Å². The first kappa shape index (κ1) is 59.9. The first-order valence-corrected chi connectivity index (χ1v) is 27.4. The molecular formula is C54H105NO8. The number of aliphatic hydroxyl groups excluding tert-OH is 5. The summed E-state index contributed by atoms with van der Waals surface area (Å²) in [6, 6.07) is -0.799. The molecule has 0 aromatic heterocycles. The fraction of sp³-hybridized carbons (Fsp3) is 0.944. The van der Waals surface area contributed by atoms with Crippen LogP contribution in [0.3, 0.4) is 0 Å². The lowest BCUT2D eigenvalue weighted by atomic mass is 9.99. The topological polar surface area (TPSA) is 149 Å². The lowest BCUT2D eigenvalue weighted by Crippen LogP contribution is -2.60. The fourth-order valence-corrected chi connectivity index (χ4v) is 8.98. The molecule has 1 heterocycles. The van der Waals surface area contributed by atoms with Crippen molar-refractivity contribution >= 4 is 5.91 Å². The van der Waals surface area contributed by atoms with Crippen molar-refractivity contribution in [2.24, 2.45) is 0 Å². The molecule has 0 aromatic carbocycles. The van der Waals surface area contributed by atoms with Gasteiger partial charge in [0, 0.05) is 6.42 Å². The monoisotopic (exact) mass is 896 g/mol. The van der Waals surface area contributed by atoms with Crippen LogP contribution in [-0.2, 0) is 14.3 Å². The van der Waals surface area contributed by atoms with Crippen LogP contribution in [-0.4, -0.2) is 87.5 Å². The second-order valence-electron chi connectivity index (χ2n) is 19.4. The summed E-state index contributed by atoms with van der Waals surface area (Å²) in [4.78, 5) is 13.0. The molecule has 63 heavy (non-hydrogen) atoms. The van der Waals surface area contributed by atoms with E-state index in [4.69, 9.17) is 9.47 Å². The van der Waals surface area contributed by atoms with Gasteiger partial charge in [-0.15, -0.1) is 0 Å². The van der Waals surface area contributed by atoms with Crippen LogP contribution in [0.4, 0.5) is 0 Å². The van der Waals surface area contributed by atoms with Gasteiger partial charge in [0.15, 0.2) is 6.29 Å². The van der Waals surface area contributed by atoms with Crippen LogP contribution < -0.4 is 5.32 Å². The van der Waals surface area contributed by atoms with Crippen LogP contribution in [0.5, 0.6) is 0 Å². The molecular weight excluding hydrogens is 791 g/mol. The molecule has 1 fully saturated rings. The standard InChI is InChI=1S/C54H105NO8/c1-3-5-7-9-11-13-15-17-18-19-20-21-22-23-24-25-26-27-28-29-30-32-33-35-37-39-41-43-48(57)47(46-62-54-53(61)52(60)51(59)49(45-56)63-54)55-50(58)44-42-40-38-36-34-31-16-14-12-10-8-6-4-2/h41,43,47-49,51-54,56-57,59-61H,3-40,42,44-46H2,1-2H3,(H,55,58)/b43-41+. The molecule has 1 amide bonds. The Labute approximate surface area is 388 Å². The van der Waals surface area contributed by atoms with Crippen LogP contribution in [0.2, 0.25) is 0 Å². The summed E-state index contributed by atoms with van der Waals surface area (Å²) in [5.41, 5.74) is 0. The quantitative estimate of drug-likeness (QED) is 0.0261. The van der Waals surface area contributed by atoms with Gasteiger partial charge < -0.3 is 40.3 Å². The minimum atomic E-state index is -1.56. The summed E-state index contributed by atoms with van der Waals surface area (Å²) >= 11 is 0. The van der Waals surface area contributed by atoms with Gasteiger partial charge in [0.25, 0.3) is 0 Å². The number of allylic oxidation sites excluding steroid dienone is 1. The lowest BCUT2D eigenvalue weighted by Gasteiger charge is -2.40. The van der Waals surface area contributed by atoms with Gasteiger partial charge in [-0.2, -0.15) is 0 Å². The summed E-state index contributed by atoms with van der Waals surface area (Å²) < 4.78 is 11.2. The SMILES string of the molecule is CCCCCCCCCCCCCCCCCCCCCCCCCCC/C=C/C(O)C(COC1OC(CO)C(O)C(O)C1O)NC(=O)CCCCCCCCCCCCCCC. The smallest absolute Gasteiger partial charge is 0.220 e. The molecule has 0 spiro atoms. The highest BCUT2D eigenvalue weighted by molar-refractivity contribution is 5.76. The normalized spacial score (nSPS) is 20.1. The summed E-state index contributed by atoms with van der Waals surface area (Å²) in [5.74, 6) is -0.173. The van der Waals surface area contributed by atoms with Crippen molar-refractivity contribution in [3.8, 4) is 0 Å². The van der Waals surface area contributed by atoms with E-state index >= 15 is 0 Å². The van der Waals surface area contributed by atoms with Crippen LogP contribution in [0.15, 0.2) is 12.2 Å². The molecule has 374 valence electrons. The maximum Gasteiger partial charge on any atom is 0.220 e. The van der Waals surface area contributed by atoms with E-state index in [1.807, 2.05) is 6.08 Å². The third-order valence-electron chi connectivity index (χ3n) is 13.4. The molecule has 1 aliphatic heterocycles. The van der Waals surface area contributed by atoms with E-state index in [1.54, 1.807) is 6.08 Å². The number of nitrogens with one attached hydrogen (secondary N) is 1. The van der Waals surface area contributed by atoms with Gasteiger partial charge >= 0.3 is 0 Å². The molecule has 0 saturated carbocycles. The fourth-order valence-electron chi connectivity index (χ4n) is 8.98. The number of ether oxygens (including phenoxy) is 2. The Morgan fingerprint density at radius 2 is 0.873 bits per heavy atom. The number of amides is 1. The van der Waals surface area contributed by atoms with E-state index in [9.17, 15) is 30.3 Å². The zero-order valence-electron chi connectivity index (χ0n) is 41.4. The number of aliphatic hydroxyl groups is 5. The second kappa shape index (κ2) is 44.7. The average molecular weight is 896 g/mol. The Morgan fingerprint density at radius 1 is 0.524 bits per heavy atom. The third-order valence-corrected chi connectivity index (χ3v) is 13.4. The highest BCUT2D eigenvalue weighted by atomic mass is 16.7. The molecule has 0 bridgehead atoms. The third kappa shape index (κ3) is 34.8. The predicted molar refractivity (Wildman–Crippen MR) is 263 cm³/mol. The van der Waals surface area contributed by atoms with Gasteiger partial charge in [-0.3, -0.25) is 4.79 Å². The molecule has 9 nitrogen and oxygen atoms in total.